The van der Waals surface area contributed by atoms with Gasteiger partial charge in [0.05, 0.1) is 25.4 Å². The fraction of sp³-hybridized carbons (Fsp3) is 0.784. The number of allylic oxidation sites excluding steroid dienone is 2. The van der Waals surface area contributed by atoms with E-state index in [4.69, 9.17) is 4.74 Å². The summed E-state index contributed by atoms with van der Waals surface area (Å²) >= 11 is 2.38. The quantitative estimate of drug-likeness (QED) is 0.248. The van der Waals surface area contributed by atoms with Crippen LogP contribution < -0.4 is 0 Å². The lowest BCUT2D eigenvalue weighted by atomic mass is 9.33. The molecule has 10 atom stereocenters. The van der Waals surface area contributed by atoms with Crippen LogP contribution in [0.5, 0.6) is 0 Å². The van der Waals surface area contributed by atoms with Crippen LogP contribution in [0.3, 0.4) is 0 Å². The van der Waals surface area contributed by atoms with Crippen LogP contribution in [0.4, 0.5) is 0 Å². The largest absolute Gasteiger partial charge is 0.396 e. The fourth-order valence-corrected chi connectivity index (χ4v) is 12.1. The van der Waals surface area contributed by atoms with E-state index in [1.54, 1.807) is 5.57 Å². The first-order valence-corrected chi connectivity index (χ1v) is 17.6. The minimum atomic E-state index is -0.392. The summed E-state index contributed by atoms with van der Waals surface area (Å²) in [7, 11) is 0. The Labute approximate surface area is 263 Å². The Morgan fingerprint density at radius 2 is 1.56 bits per heavy atom. The molecule has 2 unspecified atom stereocenters. The first kappa shape index (κ1) is 30.6. The Balaban J connectivity index is 1.34. The van der Waals surface area contributed by atoms with E-state index >= 15 is 0 Å². The van der Waals surface area contributed by atoms with Crippen LogP contribution in [0.25, 0.3) is 0 Å². The van der Waals surface area contributed by atoms with Crippen molar-refractivity contribution in [3.05, 3.63) is 45.0 Å². The summed E-state index contributed by atoms with van der Waals surface area (Å²) in [4.78, 5) is 0. The third kappa shape index (κ3) is 4.41. The fourth-order valence-electron chi connectivity index (χ4n) is 11.7. The summed E-state index contributed by atoms with van der Waals surface area (Å²) in [5.41, 5.74) is 3.64. The maximum Gasteiger partial charge on any atom is 0.0720 e. The van der Waals surface area contributed by atoms with Gasteiger partial charge < -0.3 is 14.9 Å². The lowest BCUT2D eigenvalue weighted by molar-refractivity contribution is -0.220. The average Bonchev–Trinajstić information content (AvgIpc) is 2.92. The van der Waals surface area contributed by atoms with Gasteiger partial charge in [-0.2, -0.15) is 0 Å². The van der Waals surface area contributed by atoms with Crippen molar-refractivity contribution in [1.29, 1.82) is 0 Å². The van der Waals surface area contributed by atoms with Crippen LogP contribution in [0, 0.1) is 53.8 Å². The standard InChI is InChI=1S/C37H55IO3/c1-32(2)20-27-26-12-13-29-34(4)16-15-30(40)35(5,23-39)28(34)14-17-37(29,7)36(26,6)19-18-33(27,3)31(21-32)41-22-24-8-10-25(38)11-9-24/h8-12,27-31,39-40H,13-23H2,1-7H3/t27-,28?,29?,30-,31+,33+,34-,35+,36+,37+/m0/s1. The maximum absolute atomic E-state index is 11.1. The van der Waals surface area contributed by atoms with Gasteiger partial charge in [-0.3, -0.25) is 0 Å². The molecule has 5 aliphatic rings. The number of hydrogen-bond donors (Lipinski definition) is 2. The molecular formula is C37H55IO3. The lowest BCUT2D eigenvalue weighted by Crippen LogP contribution is -2.66. The van der Waals surface area contributed by atoms with Crippen LogP contribution in [-0.2, 0) is 11.3 Å². The highest BCUT2D eigenvalue weighted by Gasteiger charge is 2.69. The monoisotopic (exact) mass is 674 g/mol. The number of hydrogen-bond acceptors (Lipinski definition) is 3. The molecule has 0 saturated heterocycles. The molecule has 4 heteroatoms. The van der Waals surface area contributed by atoms with Crippen molar-refractivity contribution in [1.82, 2.24) is 0 Å². The average molecular weight is 675 g/mol. The van der Waals surface area contributed by atoms with Crippen molar-refractivity contribution < 1.29 is 14.9 Å². The topological polar surface area (TPSA) is 49.7 Å². The van der Waals surface area contributed by atoms with Gasteiger partial charge in [-0.05, 0) is 137 Å². The Kier molecular flexibility index (Phi) is 7.49. The Morgan fingerprint density at radius 3 is 2.24 bits per heavy atom. The number of ether oxygens (including phenoxy) is 1. The highest BCUT2D eigenvalue weighted by Crippen LogP contribution is 2.75. The van der Waals surface area contributed by atoms with Crippen molar-refractivity contribution in [2.45, 2.75) is 125 Å². The molecule has 3 nitrogen and oxygen atoms in total. The van der Waals surface area contributed by atoms with Gasteiger partial charge >= 0.3 is 0 Å². The molecule has 0 spiro atoms. The Hall–Kier alpha value is -0.430. The maximum atomic E-state index is 11.1. The first-order valence-electron chi connectivity index (χ1n) is 16.5. The molecule has 41 heavy (non-hydrogen) atoms. The predicted octanol–water partition coefficient (Wildman–Crippen LogP) is 8.94. The SMILES string of the molecule is CC1(C)C[C@@H](OCc2ccc(I)cc2)[C@]2(C)CC[C@]3(C)C(=CCC4[C@@]5(C)CC[C@H](O)[C@](C)(CO)C5CC[C@]43C)[C@@H]2C1. The van der Waals surface area contributed by atoms with Gasteiger partial charge in [0.15, 0.2) is 0 Å². The molecule has 2 N–H and O–H groups in total. The van der Waals surface area contributed by atoms with Crippen molar-refractivity contribution in [3.63, 3.8) is 0 Å². The van der Waals surface area contributed by atoms with Gasteiger partial charge in [-0.25, -0.2) is 0 Å². The second-order valence-corrected chi connectivity index (χ2v) is 18.3. The number of rotatable bonds is 4. The molecule has 4 saturated carbocycles. The predicted molar refractivity (Wildman–Crippen MR) is 175 cm³/mol. The molecular weight excluding hydrogens is 619 g/mol. The van der Waals surface area contributed by atoms with Crippen molar-refractivity contribution in [2.24, 2.45) is 50.2 Å². The molecule has 0 radical (unpaired) electrons. The molecule has 0 aromatic heterocycles. The Bertz CT molecular complexity index is 1190. The van der Waals surface area contributed by atoms with Gasteiger partial charge in [-0.15, -0.1) is 0 Å². The molecule has 1 aromatic rings. The van der Waals surface area contributed by atoms with E-state index in [0.717, 1.165) is 32.1 Å². The van der Waals surface area contributed by atoms with Gasteiger partial charge in [0, 0.05) is 14.4 Å². The number of benzene rings is 1. The van der Waals surface area contributed by atoms with Crippen molar-refractivity contribution in [2.75, 3.05) is 6.61 Å². The summed E-state index contributed by atoms with van der Waals surface area (Å²) in [6, 6.07) is 8.83. The van der Waals surface area contributed by atoms with Crippen LogP contribution >= 0.6 is 22.6 Å². The van der Waals surface area contributed by atoms with Gasteiger partial charge in [0.1, 0.15) is 0 Å². The van der Waals surface area contributed by atoms with E-state index in [2.05, 4.69) is 101 Å². The molecule has 0 heterocycles. The molecule has 5 aliphatic carbocycles. The molecule has 4 fully saturated rings. The minimum absolute atomic E-state index is 0.0926. The zero-order chi connectivity index (χ0) is 29.6. The summed E-state index contributed by atoms with van der Waals surface area (Å²) in [6.07, 6.45) is 12.8. The molecule has 228 valence electrons. The summed E-state index contributed by atoms with van der Waals surface area (Å²) in [5, 5.41) is 21.6. The highest BCUT2D eigenvalue weighted by atomic mass is 127. The third-order valence-corrected chi connectivity index (χ3v) is 15.3. The lowest BCUT2D eigenvalue weighted by Gasteiger charge is -2.71. The molecule has 0 bridgehead atoms. The summed E-state index contributed by atoms with van der Waals surface area (Å²) in [6.45, 7) is 18.3. The van der Waals surface area contributed by atoms with E-state index in [-0.39, 0.29) is 45.2 Å². The number of aliphatic hydroxyl groups excluding tert-OH is 2. The van der Waals surface area contributed by atoms with Gasteiger partial charge in [-0.1, -0.05) is 72.2 Å². The molecule has 0 aliphatic heterocycles. The first-order chi connectivity index (χ1) is 19.1. The number of aliphatic hydroxyl groups is 2. The summed E-state index contributed by atoms with van der Waals surface area (Å²) in [5.74, 6) is 1.53. The van der Waals surface area contributed by atoms with E-state index in [1.165, 1.54) is 34.8 Å². The van der Waals surface area contributed by atoms with E-state index < -0.39 is 6.10 Å². The van der Waals surface area contributed by atoms with Crippen molar-refractivity contribution >= 4 is 22.6 Å². The second kappa shape index (κ2) is 10.0. The minimum Gasteiger partial charge on any atom is -0.396 e. The zero-order valence-corrected chi connectivity index (χ0v) is 28.9. The smallest absolute Gasteiger partial charge is 0.0720 e. The van der Waals surface area contributed by atoms with Crippen LogP contribution in [0.2, 0.25) is 0 Å². The van der Waals surface area contributed by atoms with Crippen LogP contribution in [-0.4, -0.2) is 29.0 Å². The number of fused-ring (bicyclic) bond motifs is 7. The third-order valence-electron chi connectivity index (χ3n) is 14.6. The van der Waals surface area contributed by atoms with Crippen LogP contribution in [0.15, 0.2) is 35.9 Å². The van der Waals surface area contributed by atoms with E-state index in [1.807, 2.05) is 0 Å². The highest BCUT2D eigenvalue weighted by molar-refractivity contribution is 14.1. The second-order valence-electron chi connectivity index (χ2n) is 17.1. The molecule has 0 amide bonds. The zero-order valence-electron chi connectivity index (χ0n) is 26.7. The van der Waals surface area contributed by atoms with Crippen LogP contribution in [0.1, 0.15) is 112 Å². The van der Waals surface area contributed by atoms with E-state index in [0.29, 0.717) is 24.4 Å². The number of halogens is 1. The normalized spacial score (nSPS) is 48.7. The summed E-state index contributed by atoms with van der Waals surface area (Å²) < 4.78 is 8.19. The Morgan fingerprint density at radius 1 is 0.854 bits per heavy atom. The van der Waals surface area contributed by atoms with Gasteiger partial charge in [0.2, 0.25) is 0 Å². The van der Waals surface area contributed by atoms with Gasteiger partial charge in [0.25, 0.3) is 0 Å². The van der Waals surface area contributed by atoms with Crippen molar-refractivity contribution in [3.8, 4) is 0 Å². The van der Waals surface area contributed by atoms with E-state index in [9.17, 15) is 10.2 Å². The molecule has 6 rings (SSSR count). The molecule has 1 aromatic carbocycles.